The smallest absolute Gasteiger partial charge is 0.126 e. The van der Waals surface area contributed by atoms with E-state index in [1.807, 2.05) is 13.0 Å². The van der Waals surface area contributed by atoms with Crippen LogP contribution in [0.2, 0.25) is 0 Å². The van der Waals surface area contributed by atoms with Crippen molar-refractivity contribution in [1.82, 2.24) is 4.98 Å². The van der Waals surface area contributed by atoms with Crippen molar-refractivity contribution in [3.63, 3.8) is 0 Å². The molecule has 2 heterocycles. The minimum Gasteiger partial charge on any atom is -0.376 e. The predicted octanol–water partition coefficient (Wildman–Crippen LogP) is 2.45. The van der Waals surface area contributed by atoms with Crippen molar-refractivity contribution in [2.24, 2.45) is 21.9 Å². The van der Waals surface area contributed by atoms with Crippen molar-refractivity contribution >= 4 is 11.9 Å². The molecule has 5 nitrogen and oxygen atoms in total. The molecule has 5 heteroatoms. The van der Waals surface area contributed by atoms with Crippen LogP contribution < -0.4 is 5.84 Å². The Morgan fingerprint density at radius 2 is 2.29 bits per heavy atom. The van der Waals surface area contributed by atoms with E-state index < -0.39 is 0 Å². The molecule has 24 heavy (non-hydrogen) atoms. The molecule has 0 aromatic carbocycles. The summed E-state index contributed by atoms with van der Waals surface area (Å²) in [5.41, 5.74) is 3.28. The molecule has 2 N–H and O–H groups in total. The number of ether oxygens (including phenoxy) is 1. The molecule has 1 aromatic rings. The Balaban J connectivity index is 1.65. The van der Waals surface area contributed by atoms with E-state index in [1.54, 1.807) is 12.4 Å². The minimum absolute atomic E-state index is 0.211. The van der Waals surface area contributed by atoms with E-state index in [4.69, 9.17) is 10.6 Å². The summed E-state index contributed by atoms with van der Waals surface area (Å²) in [5.74, 6) is 12.6. The molecule has 2 aliphatic rings. The van der Waals surface area contributed by atoms with Crippen molar-refractivity contribution in [3.8, 4) is 11.8 Å². The molecule has 0 radical (unpaired) electrons. The van der Waals surface area contributed by atoms with Crippen molar-refractivity contribution in [1.29, 1.82) is 0 Å². The lowest BCUT2D eigenvalue weighted by molar-refractivity contribution is 0.0226. The van der Waals surface area contributed by atoms with E-state index in [9.17, 15) is 0 Å². The number of pyridine rings is 1. The van der Waals surface area contributed by atoms with Gasteiger partial charge in [-0.3, -0.25) is 9.98 Å². The third kappa shape index (κ3) is 4.65. The second kappa shape index (κ2) is 8.07. The van der Waals surface area contributed by atoms with Gasteiger partial charge in [0.15, 0.2) is 0 Å². The molecular formula is C19H24N4O. The summed E-state index contributed by atoms with van der Waals surface area (Å²) in [4.78, 5) is 8.92. The first kappa shape index (κ1) is 16.7. The molecule has 1 saturated heterocycles. The van der Waals surface area contributed by atoms with Crippen LogP contribution in [0.1, 0.15) is 48.9 Å². The van der Waals surface area contributed by atoms with Crippen molar-refractivity contribution in [2.75, 3.05) is 13.2 Å². The molecule has 1 unspecified atom stereocenters. The fourth-order valence-corrected chi connectivity index (χ4v) is 2.69. The lowest BCUT2D eigenvalue weighted by Gasteiger charge is -2.20. The monoisotopic (exact) mass is 324 g/mol. The molecule has 3 rings (SSSR count). The van der Waals surface area contributed by atoms with Gasteiger partial charge in [0, 0.05) is 24.3 Å². The van der Waals surface area contributed by atoms with Crippen molar-refractivity contribution in [2.45, 2.75) is 45.1 Å². The van der Waals surface area contributed by atoms with Crippen molar-refractivity contribution < 1.29 is 4.74 Å². The number of hydrogen-bond acceptors (Lipinski definition) is 5. The van der Waals surface area contributed by atoms with Gasteiger partial charge in [-0.25, -0.2) is 0 Å². The number of nitrogens with two attached hydrogens (primary N) is 1. The number of hydrogen-bond donors (Lipinski definition) is 1. The largest absolute Gasteiger partial charge is 0.376 e. The molecule has 2 fully saturated rings. The SMILES string of the molecule is Cc1cc(C#CC2CC2)cnc1/C(C=NCC1CCCCO1)=N/N. The van der Waals surface area contributed by atoms with Crippen LogP contribution in [0.25, 0.3) is 0 Å². The maximum atomic E-state index is 5.67. The van der Waals surface area contributed by atoms with E-state index in [1.165, 1.54) is 19.3 Å². The molecule has 1 atom stereocenters. The first-order chi connectivity index (χ1) is 11.8. The van der Waals surface area contributed by atoms with Gasteiger partial charge >= 0.3 is 0 Å². The van der Waals surface area contributed by atoms with Crippen LogP contribution in [0.15, 0.2) is 22.4 Å². The van der Waals surface area contributed by atoms with Gasteiger partial charge in [-0.15, -0.1) is 0 Å². The second-order valence-corrected chi connectivity index (χ2v) is 6.43. The van der Waals surface area contributed by atoms with Gasteiger partial charge in [0.1, 0.15) is 5.71 Å². The summed E-state index contributed by atoms with van der Waals surface area (Å²) in [7, 11) is 0. The average Bonchev–Trinajstić information content (AvgIpc) is 3.43. The lowest BCUT2D eigenvalue weighted by atomic mass is 10.1. The Kier molecular flexibility index (Phi) is 5.60. The lowest BCUT2D eigenvalue weighted by Crippen LogP contribution is -2.22. The van der Waals surface area contributed by atoms with Gasteiger partial charge in [-0.2, -0.15) is 5.10 Å². The third-order valence-electron chi connectivity index (χ3n) is 4.25. The van der Waals surface area contributed by atoms with Crippen LogP contribution in [0.4, 0.5) is 0 Å². The van der Waals surface area contributed by atoms with Crippen LogP contribution in [0.3, 0.4) is 0 Å². The van der Waals surface area contributed by atoms with E-state index in [2.05, 4.69) is 26.9 Å². The standard InChI is InChI=1S/C19H24N4O/c1-14-10-16(8-7-15-5-6-15)11-22-19(14)18(23-20)13-21-12-17-4-2-3-9-24-17/h10-11,13,15,17H,2-6,9,12,20H2,1H3/b21-13?,23-18+. The van der Waals surface area contributed by atoms with Gasteiger partial charge in [0.25, 0.3) is 0 Å². The zero-order chi connectivity index (χ0) is 16.8. The van der Waals surface area contributed by atoms with E-state index >= 15 is 0 Å². The molecule has 1 aliphatic carbocycles. The van der Waals surface area contributed by atoms with Gasteiger partial charge in [0.2, 0.25) is 0 Å². The van der Waals surface area contributed by atoms with Crippen LogP contribution in [0.5, 0.6) is 0 Å². The summed E-state index contributed by atoms with van der Waals surface area (Å²) in [6.07, 6.45) is 9.56. The summed E-state index contributed by atoms with van der Waals surface area (Å²) < 4.78 is 5.67. The van der Waals surface area contributed by atoms with Crippen LogP contribution >= 0.6 is 0 Å². The topological polar surface area (TPSA) is 72.9 Å². The Hall–Kier alpha value is -2.19. The Morgan fingerprint density at radius 3 is 2.96 bits per heavy atom. The molecule has 1 aromatic heterocycles. The summed E-state index contributed by atoms with van der Waals surface area (Å²) >= 11 is 0. The van der Waals surface area contributed by atoms with Crippen LogP contribution in [-0.2, 0) is 4.74 Å². The molecule has 0 amide bonds. The molecule has 0 spiro atoms. The van der Waals surface area contributed by atoms with Gasteiger partial charge in [0.05, 0.1) is 24.6 Å². The summed E-state index contributed by atoms with van der Waals surface area (Å²) in [5, 5.41) is 3.84. The molecule has 1 saturated carbocycles. The highest BCUT2D eigenvalue weighted by Gasteiger charge is 2.18. The van der Waals surface area contributed by atoms with E-state index in [-0.39, 0.29) is 6.10 Å². The number of aryl methyl sites for hydroxylation is 1. The molecular weight excluding hydrogens is 300 g/mol. The van der Waals surface area contributed by atoms with Gasteiger partial charge in [-0.05, 0) is 50.7 Å². The quantitative estimate of drug-likeness (QED) is 0.400. The molecule has 0 bridgehead atoms. The minimum atomic E-state index is 0.211. The number of aromatic nitrogens is 1. The second-order valence-electron chi connectivity index (χ2n) is 6.43. The predicted molar refractivity (Wildman–Crippen MR) is 96.3 cm³/mol. The van der Waals surface area contributed by atoms with E-state index in [0.717, 1.165) is 36.3 Å². The highest BCUT2D eigenvalue weighted by Crippen LogP contribution is 2.27. The van der Waals surface area contributed by atoms with Crippen LogP contribution in [0, 0.1) is 24.7 Å². The zero-order valence-corrected chi connectivity index (χ0v) is 14.2. The molecule has 126 valence electrons. The van der Waals surface area contributed by atoms with Gasteiger partial charge in [-0.1, -0.05) is 11.8 Å². The highest BCUT2D eigenvalue weighted by molar-refractivity contribution is 6.37. The Labute approximate surface area is 143 Å². The Bertz CT molecular complexity index is 689. The normalized spacial score (nSPS) is 21.5. The first-order valence-electron chi connectivity index (χ1n) is 8.64. The highest BCUT2D eigenvalue weighted by atomic mass is 16.5. The number of aliphatic imine (C=N–C) groups is 1. The Morgan fingerprint density at radius 1 is 1.42 bits per heavy atom. The number of nitrogens with zero attached hydrogens (tertiary/aromatic N) is 3. The maximum Gasteiger partial charge on any atom is 0.126 e. The third-order valence-corrected chi connectivity index (χ3v) is 4.25. The summed E-state index contributed by atoms with van der Waals surface area (Å²) in [6, 6.07) is 2.03. The first-order valence-corrected chi connectivity index (χ1v) is 8.64. The fourth-order valence-electron chi connectivity index (χ4n) is 2.69. The molecule has 1 aliphatic heterocycles. The summed E-state index contributed by atoms with van der Waals surface area (Å²) in [6.45, 7) is 3.47. The average molecular weight is 324 g/mol. The number of rotatable bonds is 4. The van der Waals surface area contributed by atoms with Crippen molar-refractivity contribution in [3.05, 3.63) is 29.1 Å². The maximum absolute atomic E-state index is 5.67. The fraction of sp³-hybridized carbons (Fsp3) is 0.526. The van der Waals surface area contributed by atoms with E-state index in [0.29, 0.717) is 18.2 Å². The van der Waals surface area contributed by atoms with Crippen LogP contribution in [-0.4, -0.2) is 36.2 Å². The van der Waals surface area contributed by atoms with Gasteiger partial charge < -0.3 is 10.6 Å². The zero-order valence-electron chi connectivity index (χ0n) is 14.2. The number of hydrazone groups is 1.